The molecule has 0 unspecified atom stereocenters. The molecule has 0 saturated heterocycles. The van der Waals surface area contributed by atoms with E-state index in [4.69, 9.17) is 0 Å². The Morgan fingerprint density at radius 1 is 0.531 bits per heavy atom. The molecule has 4 aliphatic rings. The average Bonchev–Trinajstić information content (AvgIpc) is 3.61. The van der Waals surface area contributed by atoms with Crippen molar-refractivity contribution in [3.05, 3.63) is 148 Å². The van der Waals surface area contributed by atoms with E-state index in [2.05, 4.69) is 220 Å². The molecule has 0 atom stereocenters. The summed E-state index contributed by atoms with van der Waals surface area (Å²) in [6.45, 7) is 31.5. The number of aryl methyl sites for hydroxylation is 2. The highest BCUT2D eigenvalue weighted by Gasteiger charge is 2.48. The van der Waals surface area contributed by atoms with Gasteiger partial charge in [-0.15, -0.1) is 11.3 Å². The standard InChI is InChI=1S/C60H65BN2S/c1-36-30-50-53-51(31-36)63(48-21-17-16-20-41(48)40-19-15-14-18-37(40)2)49-25-22-38(56(3,4)5)32-47(49)61(53)55-54(42-34-45-46(35-52(42)64-55)60(12,13)29-28-59(45,10)11)62(50)39-23-24-43-44(33-39)58(8,9)27-26-57(43,6)7/h14-25,30-35H,26-29H2,1-13H3. The van der Waals surface area contributed by atoms with Crippen LogP contribution in [0.15, 0.2) is 109 Å². The van der Waals surface area contributed by atoms with E-state index in [9.17, 15) is 0 Å². The Hall–Kier alpha value is -5.06. The number of hydrogen-bond donors (Lipinski definition) is 0. The van der Waals surface area contributed by atoms with Crippen molar-refractivity contribution in [2.45, 2.75) is 143 Å². The first-order chi connectivity index (χ1) is 30.2. The number of fused-ring (bicyclic) bond motifs is 8. The lowest BCUT2D eigenvalue weighted by molar-refractivity contribution is 0.332. The summed E-state index contributed by atoms with van der Waals surface area (Å²) in [7, 11) is 0. The zero-order chi connectivity index (χ0) is 45.0. The quantitative estimate of drug-likeness (QED) is 0.163. The molecule has 3 heterocycles. The molecule has 11 rings (SSSR count). The Bertz CT molecular complexity index is 3100. The second-order valence-electron chi connectivity index (χ2n) is 23.7. The fraction of sp³-hybridized carbons (Fsp3) is 0.367. The lowest BCUT2D eigenvalue weighted by Crippen LogP contribution is -2.60. The van der Waals surface area contributed by atoms with E-state index in [0.29, 0.717) is 0 Å². The van der Waals surface area contributed by atoms with Gasteiger partial charge in [-0.3, -0.25) is 0 Å². The van der Waals surface area contributed by atoms with Crippen LogP contribution in [-0.2, 0) is 27.1 Å². The third-order valence-corrected chi connectivity index (χ3v) is 17.5. The molecule has 0 N–H and O–H groups in total. The van der Waals surface area contributed by atoms with Crippen molar-refractivity contribution in [2.24, 2.45) is 0 Å². The molecule has 2 aliphatic carbocycles. The van der Waals surface area contributed by atoms with Gasteiger partial charge in [0.2, 0.25) is 0 Å². The zero-order valence-corrected chi connectivity index (χ0v) is 41.4. The minimum Gasteiger partial charge on any atom is -0.311 e. The number of anilines is 6. The minimum atomic E-state index is -0.0150. The van der Waals surface area contributed by atoms with Gasteiger partial charge in [0.05, 0.1) is 11.4 Å². The summed E-state index contributed by atoms with van der Waals surface area (Å²) >= 11 is 2.06. The van der Waals surface area contributed by atoms with E-state index in [1.54, 1.807) is 0 Å². The molecule has 2 nitrogen and oxygen atoms in total. The van der Waals surface area contributed by atoms with Gasteiger partial charge in [0.15, 0.2) is 0 Å². The predicted octanol–water partition coefficient (Wildman–Crippen LogP) is 15.3. The van der Waals surface area contributed by atoms with E-state index in [1.165, 1.54) is 136 Å². The minimum absolute atomic E-state index is 0.0150. The molecule has 0 fully saturated rings. The van der Waals surface area contributed by atoms with Crippen LogP contribution in [0.2, 0.25) is 0 Å². The van der Waals surface area contributed by atoms with E-state index in [1.807, 2.05) is 0 Å². The molecule has 4 heteroatoms. The van der Waals surface area contributed by atoms with Crippen LogP contribution in [0, 0.1) is 13.8 Å². The Labute approximate surface area is 387 Å². The molecule has 1 aromatic heterocycles. The average molecular weight is 857 g/mol. The number of para-hydroxylation sites is 1. The van der Waals surface area contributed by atoms with Gasteiger partial charge in [-0.2, -0.15) is 0 Å². The fourth-order valence-electron chi connectivity index (χ4n) is 12.2. The summed E-state index contributed by atoms with van der Waals surface area (Å²) < 4.78 is 2.87. The summed E-state index contributed by atoms with van der Waals surface area (Å²) in [6, 6.07) is 43.3. The summed E-state index contributed by atoms with van der Waals surface area (Å²) in [5, 5.41) is 1.40. The highest BCUT2D eigenvalue weighted by atomic mass is 32.1. The van der Waals surface area contributed by atoms with Gasteiger partial charge in [-0.05, 0) is 171 Å². The molecule has 0 radical (unpaired) electrons. The highest BCUT2D eigenvalue weighted by Crippen LogP contribution is 2.55. The maximum absolute atomic E-state index is 2.73. The number of hydrogen-bond acceptors (Lipinski definition) is 3. The van der Waals surface area contributed by atoms with Gasteiger partial charge in [0.1, 0.15) is 0 Å². The first-order valence-corrected chi connectivity index (χ1v) is 24.8. The van der Waals surface area contributed by atoms with Crippen molar-refractivity contribution in [1.29, 1.82) is 0 Å². The monoisotopic (exact) mass is 856 g/mol. The molecule has 0 saturated carbocycles. The number of thiophene rings is 1. The topological polar surface area (TPSA) is 6.48 Å². The van der Waals surface area contributed by atoms with Gasteiger partial charge in [0, 0.05) is 43.2 Å². The molecule has 0 bridgehead atoms. The Morgan fingerprint density at radius 2 is 1.11 bits per heavy atom. The SMILES string of the molecule is Cc1cc2c3c(c1)N(c1ccc4c(c1)C(C)(C)CCC4(C)C)c1c(sc4cc5c(cc14)C(C)(C)CCC5(C)C)B3c1cc(C(C)(C)C)ccc1N2c1ccccc1-c1ccccc1C. The Balaban J connectivity index is 1.27. The van der Waals surface area contributed by atoms with Crippen molar-refractivity contribution in [1.82, 2.24) is 0 Å². The summed E-state index contributed by atoms with van der Waals surface area (Å²) in [6.07, 6.45) is 4.79. The normalized spacial score (nSPS) is 18.5. The summed E-state index contributed by atoms with van der Waals surface area (Å²) in [5.74, 6) is 0. The van der Waals surface area contributed by atoms with Crippen molar-refractivity contribution in [2.75, 3.05) is 9.80 Å². The van der Waals surface area contributed by atoms with Gasteiger partial charge < -0.3 is 9.80 Å². The van der Waals surface area contributed by atoms with Crippen LogP contribution in [0.3, 0.4) is 0 Å². The fourth-order valence-corrected chi connectivity index (χ4v) is 13.5. The third kappa shape index (κ3) is 6.10. The van der Waals surface area contributed by atoms with E-state index >= 15 is 0 Å². The van der Waals surface area contributed by atoms with Crippen molar-refractivity contribution >= 4 is 78.0 Å². The number of rotatable bonds is 3. The zero-order valence-electron chi connectivity index (χ0n) is 40.6. The van der Waals surface area contributed by atoms with Crippen molar-refractivity contribution in [3.63, 3.8) is 0 Å². The molecule has 324 valence electrons. The molecular weight excluding hydrogens is 792 g/mol. The first kappa shape index (κ1) is 41.6. The van der Waals surface area contributed by atoms with Gasteiger partial charge in [-0.25, -0.2) is 0 Å². The smallest absolute Gasteiger partial charge is 0.264 e. The molecular formula is C60H65BN2S. The van der Waals surface area contributed by atoms with Gasteiger partial charge in [0.25, 0.3) is 6.71 Å². The molecule has 6 aromatic carbocycles. The van der Waals surface area contributed by atoms with Gasteiger partial charge in [-0.1, -0.05) is 137 Å². The molecule has 2 aliphatic heterocycles. The summed E-state index contributed by atoms with van der Waals surface area (Å²) in [4.78, 5) is 5.36. The Morgan fingerprint density at radius 3 is 1.77 bits per heavy atom. The lowest BCUT2D eigenvalue weighted by atomic mass is 9.36. The molecule has 0 spiro atoms. The first-order valence-electron chi connectivity index (χ1n) is 24.0. The predicted molar refractivity (Wildman–Crippen MR) is 280 cm³/mol. The molecule has 64 heavy (non-hydrogen) atoms. The van der Waals surface area contributed by atoms with Crippen LogP contribution in [0.5, 0.6) is 0 Å². The summed E-state index contributed by atoms with van der Waals surface area (Å²) in [5.41, 5.74) is 23.5. The maximum Gasteiger partial charge on any atom is 0.264 e. The molecule has 7 aromatic rings. The third-order valence-electron chi connectivity index (χ3n) is 16.3. The number of nitrogens with zero attached hydrogens (tertiary/aromatic N) is 2. The van der Waals surface area contributed by atoms with E-state index in [-0.39, 0.29) is 33.8 Å². The van der Waals surface area contributed by atoms with Crippen LogP contribution in [-0.4, -0.2) is 6.71 Å². The van der Waals surface area contributed by atoms with Crippen molar-refractivity contribution < 1.29 is 0 Å². The van der Waals surface area contributed by atoms with Crippen LogP contribution < -0.4 is 25.5 Å². The second kappa shape index (κ2) is 13.7. The van der Waals surface area contributed by atoms with E-state index in [0.717, 1.165) is 0 Å². The highest BCUT2D eigenvalue weighted by molar-refractivity contribution is 7.33. The van der Waals surface area contributed by atoms with Crippen LogP contribution in [0.4, 0.5) is 34.1 Å². The largest absolute Gasteiger partial charge is 0.311 e. The van der Waals surface area contributed by atoms with E-state index < -0.39 is 0 Å². The number of benzene rings is 6. The lowest BCUT2D eigenvalue weighted by Gasteiger charge is -2.45. The van der Waals surface area contributed by atoms with Gasteiger partial charge >= 0.3 is 0 Å². The van der Waals surface area contributed by atoms with Crippen LogP contribution in [0.25, 0.3) is 21.2 Å². The van der Waals surface area contributed by atoms with Crippen LogP contribution >= 0.6 is 11.3 Å². The second-order valence-corrected chi connectivity index (χ2v) is 24.7. The molecule has 0 amide bonds. The maximum atomic E-state index is 2.73. The van der Waals surface area contributed by atoms with Crippen LogP contribution in [0.1, 0.15) is 141 Å². The Kier molecular flexibility index (Phi) is 8.94. The van der Waals surface area contributed by atoms with Crippen molar-refractivity contribution in [3.8, 4) is 11.1 Å².